The summed E-state index contributed by atoms with van der Waals surface area (Å²) in [6.45, 7) is 2.06. The Kier molecular flexibility index (Phi) is 5.12. The SMILES string of the molecule is CC(NC(=O)N(C)C1(CC(=O)O)CCCCC1)C1CCC1. The molecule has 0 bridgehead atoms. The standard InChI is InChI=1S/C16H28N2O3/c1-12(13-7-6-8-13)17-15(21)18(2)16(11-14(19)20)9-4-3-5-10-16/h12-13H,3-11H2,1-2H3,(H,17,21)(H,19,20). The Hall–Kier alpha value is -1.26. The van der Waals surface area contributed by atoms with Crippen LogP contribution in [0.5, 0.6) is 0 Å². The fraction of sp³-hybridized carbons (Fsp3) is 0.875. The lowest BCUT2D eigenvalue weighted by Gasteiger charge is -2.44. The second-order valence-electron chi connectivity index (χ2n) is 6.84. The molecule has 2 aliphatic carbocycles. The summed E-state index contributed by atoms with van der Waals surface area (Å²) in [5.41, 5.74) is -0.506. The highest BCUT2D eigenvalue weighted by Gasteiger charge is 2.41. The maximum Gasteiger partial charge on any atom is 0.317 e. The molecule has 0 aromatic rings. The minimum atomic E-state index is -0.816. The van der Waals surface area contributed by atoms with E-state index in [0.29, 0.717) is 5.92 Å². The van der Waals surface area contributed by atoms with Gasteiger partial charge in [-0.1, -0.05) is 25.7 Å². The average molecular weight is 296 g/mol. The van der Waals surface area contributed by atoms with Crippen LogP contribution in [0.15, 0.2) is 0 Å². The van der Waals surface area contributed by atoms with E-state index in [2.05, 4.69) is 12.2 Å². The molecule has 0 spiro atoms. The van der Waals surface area contributed by atoms with Crippen LogP contribution in [0, 0.1) is 5.92 Å². The zero-order chi connectivity index (χ0) is 15.5. The Morgan fingerprint density at radius 3 is 2.33 bits per heavy atom. The molecule has 2 rings (SSSR count). The van der Waals surface area contributed by atoms with Gasteiger partial charge in [-0.05, 0) is 38.5 Å². The van der Waals surface area contributed by atoms with Gasteiger partial charge in [0.25, 0.3) is 0 Å². The predicted octanol–water partition coefficient (Wildman–Crippen LogP) is 2.99. The molecule has 2 amide bonds. The molecule has 1 unspecified atom stereocenters. The predicted molar refractivity (Wildman–Crippen MR) is 81.2 cm³/mol. The van der Waals surface area contributed by atoms with Gasteiger partial charge in [0.05, 0.1) is 12.0 Å². The van der Waals surface area contributed by atoms with Crippen LogP contribution in [0.1, 0.15) is 64.7 Å². The summed E-state index contributed by atoms with van der Waals surface area (Å²) in [7, 11) is 1.76. The van der Waals surface area contributed by atoms with Crippen molar-refractivity contribution in [3.63, 3.8) is 0 Å². The minimum absolute atomic E-state index is 0.0503. The highest BCUT2D eigenvalue weighted by atomic mass is 16.4. The van der Waals surface area contributed by atoms with Crippen molar-refractivity contribution in [2.24, 2.45) is 5.92 Å². The fourth-order valence-electron chi connectivity index (χ4n) is 3.69. The van der Waals surface area contributed by atoms with Crippen molar-refractivity contribution in [2.45, 2.75) is 76.3 Å². The van der Waals surface area contributed by atoms with E-state index in [0.717, 1.165) is 32.1 Å². The summed E-state index contributed by atoms with van der Waals surface area (Å²) in [5.74, 6) is -0.229. The van der Waals surface area contributed by atoms with Crippen LogP contribution >= 0.6 is 0 Å². The van der Waals surface area contributed by atoms with Gasteiger partial charge in [0.2, 0.25) is 0 Å². The zero-order valence-corrected chi connectivity index (χ0v) is 13.2. The van der Waals surface area contributed by atoms with Crippen LogP contribution < -0.4 is 5.32 Å². The highest BCUT2D eigenvalue weighted by Crippen LogP contribution is 2.36. The largest absolute Gasteiger partial charge is 0.481 e. The molecule has 1 atom stereocenters. The first-order valence-electron chi connectivity index (χ1n) is 8.21. The Morgan fingerprint density at radius 2 is 1.86 bits per heavy atom. The van der Waals surface area contributed by atoms with Gasteiger partial charge in [-0.15, -0.1) is 0 Å². The van der Waals surface area contributed by atoms with Crippen molar-refractivity contribution in [1.82, 2.24) is 10.2 Å². The third-order valence-corrected chi connectivity index (χ3v) is 5.49. The van der Waals surface area contributed by atoms with Crippen molar-refractivity contribution >= 4 is 12.0 Å². The molecule has 2 N–H and O–H groups in total. The third-order valence-electron chi connectivity index (χ3n) is 5.49. The van der Waals surface area contributed by atoms with Crippen molar-refractivity contribution in [3.8, 4) is 0 Å². The second-order valence-corrected chi connectivity index (χ2v) is 6.84. The topological polar surface area (TPSA) is 69.6 Å². The van der Waals surface area contributed by atoms with E-state index in [-0.39, 0.29) is 18.5 Å². The second kappa shape index (κ2) is 6.67. The molecule has 2 aliphatic rings. The maximum atomic E-state index is 12.5. The molecule has 5 heteroatoms. The molecule has 0 aromatic carbocycles. The third kappa shape index (κ3) is 3.69. The first kappa shape index (κ1) is 16.1. The summed E-state index contributed by atoms with van der Waals surface area (Å²) in [6.07, 6.45) is 8.40. The minimum Gasteiger partial charge on any atom is -0.481 e. The maximum absolute atomic E-state index is 12.5. The summed E-state index contributed by atoms with van der Waals surface area (Å²) >= 11 is 0. The van der Waals surface area contributed by atoms with E-state index in [1.54, 1.807) is 11.9 Å². The number of amides is 2. The summed E-state index contributed by atoms with van der Waals surface area (Å²) in [5, 5.41) is 12.3. The number of nitrogens with zero attached hydrogens (tertiary/aromatic N) is 1. The molecule has 0 radical (unpaired) electrons. The van der Waals surface area contributed by atoms with Crippen molar-refractivity contribution in [1.29, 1.82) is 0 Å². The van der Waals surface area contributed by atoms with Crippen LogP contribution in [0.25, 0.3) is 0 Å². The lowest BCUT2D eigenvalue weighted by molar-refractivity contribution is -0.140. The number of nitrogens with one attached hydrogen (secondary N) is 1. The summed E-state index contributed by atoms with van der Waals surface area (Å²) < 4.78 is 0. The molecule has 0 aromatic heterocycles. The Bertz CT molecular complexity index is 387. The summed E-state index contributed by atoms with van der Waals surface area (Å²) in [6, 6.07) is 0.0664. The van der Waals surface area contributed by atoms with E-state index in [9.17, 15) is 14.7 Å². The van der Waals surface area contributed by atoms with Crippen LogP contribution in [0.2, 0.25) is 0 Å². The van der Waals surface area contributed by atoms with Crippen LogP contribution in [0.4, 0.5) is 4.79 Å². The number of urea groups is 1. The Balaban J connectivity index is 2.00. The van der Waals surface area contributed by atoms with Gasteiger partial charge in [-0.2, -0.15) is 0 Å². The lowest BCUT2D eigenvalue weighted by Crippen LogP contribution is -2.57. The molecule has 2 fully saturated rings. The quantitative estimate of drug-likeness (QED) is 0.819. The molecule has 120 valence electrons. The normalized spacial score (nSPS) is 23.0. The molecule has 0 saturated heterocycles. The molecule has 21 heavy (non-hydrogen) atoms. The van der Waals surface area contributed by atoms with Crippen LogP contribution in [0.3, 0.4) is 0 Å². The van der Waals surface area contributed by atoms with E-state index >= 15 is 0 Å². The van der Waals surface area contributed by atoms with Gasteiger partial charge in [-0.3, -0.25) is 4.79 Å². The Morgan fingerprint density at radius 1 is 1.24 bits per heavy atom. The number of carbonyl (C=O) groups is 2. The van der Waals surface area contributed by atoms with E-state index in [1.165, 1.54) is 19.3 Å². The van der Waals surface area contributed by atoms with E-state index < -0.39 is 11.5 Å². The van der Waals surface area contributed by atoms with Crippen LogP contribution in [-0.2, 0) is 4.79 Å². The van der Waals surface area contributed by atoms with Gasteiger partial charge < -0.3 is 15.3 Å². The van der Waals surface area contributed by atoms with Crippen molar-refractivity contribution in [2.75, 3.05) is 7.05 Å². The number of aliphatic carboxylic acids is 1. The number of carbonyl (C=O) groups excluding carboxylic acids is 1. The van der Waals surface area contributed by atoms with Crippen LogP contribution in [-0.4, -0.2) is 40.6 Å². The molecule has 0 aliphatic heterocycles. The average Bonchev–Trinajstić information content (AvgIpc) is 2.35. The molecular weight excluding hydrogens is 268 g/mol. The van der Waals surface area contributed by atoms with E-state index in [4.69, 9.17) is 0 Å². The van der Waals surface area contributed by atoms with Gasteiger partial charge in [-0.25, -0.2) is 4.79 Å². The van der Waals surface area contributed by atoms with E-state index in [1.807, 2.05) is 0 Å². The van der Waals surface area contributed by atoms with Gasteiger partial charge in [0.1, 0.15) is 0 Å². The van der Waals surface area contributed by atoms with Crippen molar-refractivity contribution < 1.29 is 14.7 Å². The lowest BCUT2D eigenvalue weighted by atomic mass is 9.78. The number of carboxylic acids is 1. The van der Waals surface area contributed by atoms with Crippen molar-refractivity contribution in [3.05, 3.63) is 0 Å². The number of carboxylic acid groups (broad SMARTS) is 1. The fourth-order valence-corrected chi connectivity index (χ4v) is 3.69. The van der Waals surface area contributed by atoms with Gasteiger partial charge in [0, 0.05) is 13.1 Å². The first-order chi connectivity index (χ1) is 9.94. The summed E-state index contributed by atoms with van der Waals surface area (Å²) in [4.78, 5) is 25.4. The molecule has 0 heterocycles. The van der Waals surface area contributed by atoms with Gasteiger partial charge in [0.15, 0.2) is 0 Å². The highest BCUT2D eigenvalue weighted by molar-refractivity contribution is 5.77. The monoisotopic (exact) mass is 296 g/mol. The molecule has 5 nitrogen and oxygen atoms in total. The first-order valence-corrected chi connectivity index (χ1v) is 8.21. The van der Waals surface area contributed by atoms with Gasteiger partial charge >= 0.3 is 12.0 Å². The zero-order valence-electron chi connectivity index (χ0n) is 13.2. The smallest absolute Gasteiger partial charge is 0.317 e. The number of hydrogen-bond donors (Lipinski definition) is 2. The number of hydrogen-bond acceptors (Lipinski definition) is 2. The Labute approximate surface area is 127 Å². The molecule has 2 saturated carbocycles. The number of rotatable bonds is 5. The molecular formula is C16H28N2O3.